The molecule has 0 saturated carbocycles. The number of hydrogen-bond acceptors (Lipinski definition) is 4. The van der Waals surface area contributed by atoms with E-state index in [0.29, 0.717) is 17.8 Å². The van der Waals surface area contributed by atoms with Gasteiger partial charge in [-0.15, -0.1) is 0 Å². The molecule has 2 bridgehead atoms. The zero-order valence-electron chi connectivity index (χ0n) is 19.5. The second kappa shape index (κ2) is 8.99. The van der Waals surface area contributed by atoms with Gasteiger partial charge in [0.2, 0.25) is 0 Å². The van der Waals surface area contributed by atoms with Gasteiger partial charge < -0.3 is 9.64 Å². The highest BCUT2D eigenvalue weighted by molar-refractivity contribution is 5.93. The molecule has 0 aliphatic carbocycles. The summed E-state index contributed by atoms with van der Waals surface area (Å²) >= 11 is 0. The molecule has 0 spiro atoms. The fraction of sp³-hybridized carbons (Fsp3) is 0.538. The van der Waals surface area contributed by atoms with Gasteiger partial charge in [0.25, 0.3) is 5.91 Å². The van der Waals surface area contributed by atoms with Crippen LogP contribution in [-0.2, 0) is 6.42 Å². The van der Waals surface area contributed by atoms with Crippen LogP contribution in [0.25, 0.3) is 0 Å². The summed E-state index contributed by atoms with van der Waals surface area (Å²) in [7, 11) is 1.73. The van der Waals surface area contributed by atoms with Gasteiger partial charge in [0.05, 0.1) is 7.11 Å². The Morgan fingerprint density at radius 1 is 1.16 bits per heavy atom. The van der Waals surface area contributed by atoms with Crippen molar-refractivity contribution in [2.45, 2.75) is 71.5 Å². The van der Waals surface area contributed by atoms with Gasteiger partial charge in [-0.25, -0.2) is 0 Å². The summed E-state index contributed by atoms with van der Waals surface area (Å²) in [5.74, 6) is 1.03. The van der Waals surface area contributed by atoms with Gasteiger partial charge >= 0.3 is 0 Å². The van der Waals surface area contributed by atoms with Crippen LogP contribution in [0.2, 0.25) is 0 Å². The number of ether oxygens (including phenoxy) is 1. The normalized spacial score (nSPS) is 21.5. The first-order valence-corrected chi connectivity index (χ1v) is 11.6. The minimum Gasteiger partial charge on any atom is -0.496 e. The summed E-state index contributed by atoms with van der Waals surface area (Å²) < 4.78 is 5.48. The first-order valence-electron chi connectivity index (χ1n) is 11.6. The standard InChI is InChI=1S/C26H35N3O2/c1-6-7-8-20-9-11-24(27-14-20)26(30)29-16-21-13-22(29)15-28(21)19(4)23-10-12-25(31-5)18(3)17(23)2/h9-12,14,19,21-22H,6-8,13,15-16H2,1-5H3/t19-,21-,22-/m0/s1. The molecule has 1 aromatic heterocycles. The predicted octanol–water partition coefficient (Wildman–Crippen LogP) is 4.71. The summed E-state index contributed by atoms with van der Waals surface area (Å²) in [6.45, 7) is 10.5. The summed E-state index contributed by atoms with van der Waals surface area (Å²) in [4.78, 5) is 22.2. The third-order valence-corrected chi connectivity index (χ3v) is 7.35. The highest BCUT2D eigenvalue weighted by atomic mass is 16.5. The number of amides is 1. The molecular weight excluding hydrogens is 386 g/mol. The zero-order valence-corrected chi connectivity index (χ0v) is 19.5. The maximum absolute atomic E-state index is 13.1. The minimum atomic E-state index is 0.0818. The molecule has 2 aromatic rings. The number of aryl methyl sites for hydroxylation is 1. The fourth-order valence-corrected chi connectivity index (χ4v) is 5.32. The Morgan fingerprint density at radius 2 is 1.97 bits per heavy atom. The highest BCUT2D eigenvalue weighted by Gasteiger charge is 2.47. The molecule has 0 N–H and O–H groups in total. The van der Waals surface area contributed by atoms with E-state index < -0.39 is 0 Å². The molecule has 2 fully saturated rings. The van der Waals surface area contributed by atoms with E-state index >= 15 is 0 Å². The number of hydrogen-bond donors (Lipinski definition) is 0. The van der Waals surface area contributed by atoms with E-state index in [4.69, 9.17) is 4.74 Å². The SMILES string of the molecule is CCCCc1ccc(C(=O)N2C[C@@H]3C[C@H]2CN3[C@@H](C)c2ccc(OC)c(C)c2C)nc1. The number of piperazine rings is 1. The average Bonchev–Trinajstić information content (AvgIpc) is 3.40. The van der Waals surface area contributed by atoms with Crippen molar-refractivity contribution in [3.05, 3.63) is 58.4 Å². The molecule has 31 heavy (non-hydrogen) atoms. The quantitative estimate of drug-likeness (QED) is 0.650. The molecule has 166 valence electrons. The van der Waals surface area contributed by atoms with Crippen LogP contribution in [0.5, 0.6) is 5.75 Å². The molecule has 1 aromatic carbocycles. The summed E-state index contributed by atoms with van der Waals surface area (Å²) in [5.41, 5.74) is 5.66. The number of nitrogens with zero attached hydrogens (tertiary/aromatic N) is 3. The van der Waals surface area contributed by atoms with Crippen LogP contribution in [0.4, 0.5) is 0 Å². The largest absolute Gasteiger partial charge is 0.496 e. The number of rotatable bonds is 7. The number of carbonyl (C=O) groups excluding carboxylic acids is 1. The molecule has 1 amide bonds. The first kappa shape index (κ1) is 21.8. The molecule has 5 heteroatoms. The van der Waals surface area contributed by atoms with E-state index in [0.717, 1.165) is 38.1 Å². The average molecular weight is 422 g/mol. The van der Waals surface area contributed by atoms with Crippen LogP contribution in [-0.4, -0.2) is 53.0 Å². The van der Waals surface area contributed by atoms with Crippen LogP contribution in [0, 0.1) is 13.8 Å². The van der Waals surface area contributed by atoms with E-state index in [1.165, 1.54) is 28.7 Å². The van der Waals surface area contributed by atoms with Crippen LogP contribution in [0.15, 0.2) is 30.5 Å². The van der Waals surface area contributed by atoms with Gasteiger partial charge in [-0.2, -0.15) is 0 Å². The minimum absolute atomic E-state index is 0.0818. The van der Waals surface area contributed by atoms with E-state index in [1.807, 2.05) is 17.2 Å². The van der Waals surface area contributed by atoms with Gasteiger partial charge in [0.15, 0.2) is 0 Å². The highest BCUT2D eigenvalue weighted by Crippen LogP contribution is 2.39. The smallest absolute Gasteiger partial charge is 0.272 e. The Bertz CT molecular complexity index is 940. The lowest BCUT2D eigenvalue weighted by atomic mass is 9.96. The monoisotopic (exact) mass is 421 g/mol. The maximum Gasteiger partial charge on any atom is 0.272 e. The van der Waals surface area contributed by atoms with Gasteiger partial charge in [-0.05, 0) is 74.4 Å². The van der Waals surface area contributed by atoms with Crippen molar-refractivity contribution in [1.82, 2.24) is 14.8 Å². The predicted molar refractivity (Wildman–Crippen MR) is 124 cm³/mol. The Morgan fingerprint density at radius 3 is 2.58 bits per heavy atom. The van der Waals surface area contributed by atoms with Gasteiger partial charge in [0, 0.05) is 37.4 Å². The van der Waals surface area contributed by atoms with Crippen LogP contribution >= 0.6 is 0 Å². The molecule has 5 nitrogen and oxygen atoms in total. The Balaban J connectivity index is 1.43. The number of carbonyl (C=O) groups is 1. The molecular formula is C26H35N3O2. The maximum atomic E-state index is 13.1. The third kappa shape index (κ3) is 4.08. The molecule has 2 aliphatic rings. The Kier molecular flexibility index (Phi) is 6.33. The fourth-order valence-electron chi connectivity index (χ4n) is 5.32. The first-order chi connectivity index (χ1) is 14.9. The number of pyridine rings is 1. The number of aromatic nitrogens is 1. The van der Waals surface area contributed by atoms with Gasteiger partial charge in [-0.1, -0.05) is 25.5 Å². The van der Waals surface area contributed by atoms with Crippen molar-refractivity contribution in [3.63, 3.8) is 0 Å². The lowest BCUT2D eigenvalue weighted by Crippen LogP contribution is -2.49. The number of fused-ring (bicyclic) bond motifs is 2. The number of methoxy groups -OCH3 is 1. The Labute approximate surface area is 186 Å². The Hall–Kier alpha value is -2.40. The molecule has 0 radical (unpaired) electrons. The molecule has 4 rings (SSSR count). The van der Waals surface area contributed by atoms with E-state index in [9.17, 15) is 4.79 Å². The van der Waals surface area contributed by atoms with Gasteiger partial charge in [0.1, 0.15) is 11.4 Å². The second-order valence-electron chi connectivity index (χ2n) is 9.14. The second-order valence-corrected chi connectivity index (χ2v) is 9.14. The van der Waals surface area contributed by atoms with Crippen molar-refractivity contribution in [2.24, 2.45) is 0 Å². The van der Waals surface area contributed by atoms with Crippen molar-refractivity contribution in [1.29, 1.82) is 0 Å². The number of likely N-dealkylation sites (tertiary alicyclic amines) is 2. The van der Waals surface area contributed by atoms with Crippen molar-refractivity contribution in [2.75, 3.05) is 20.2 Å². The molecule has 3 heterocycles. The number of benzene rings is 1. The number of unbranched alkanes of at least 4 members (excludes halogenated alkanes) is 1. The van der Waals surface area contributed by atoms with Crippen LogP contribution < -0.4 is 4.74 Å². The van der Waals surface area contributed by atoms with E-state index in [-0.39, 0.29) is 11.9 Å². The van der Waals surface area contributed by atoms with E-state index in [2.05, 4.69) is 55.8 Å². The zero-order chi connectivity index (χ0) is 22.1. The van der Waals surface area contributed by atoms with E-state index in [1.54, 1.807) is 7.11 Å². The summed E-state index contributed by atoms with van der Waals surface area (Å²) in [6.07, 6.45) is 6.29. The lowest BCUT2D eigenvalue weighted by Gasteiger charge is -2.38. The van der Waals surface area contributed by atoms with Crippen molar-refractivity contribution in [3.8, 4) is 5.75 Å². The summed E-state index contributed by atoms with van der Waals surface area (Å²) in [6, 6.07) is 9.26. The molecule has 2 saturated heterocycles. The molecule has 0 unspecified atom stereocenters. The van der Waals surface area contributed by atoms with Gasteiger partial charge in [-0.3, -0.25) is 14.7 Å². The lowest BCUT2D eigenvalue weighted by molar-refractivity contribution is 0.0563. The van der Waals surface area contributed by atoms with Crippen LogP contribution in [0.1, 0.15) is 71.9 Å². The topological polar surface area (TPSA) is 45.7 Å². The van der Waals surface area contributed by atoms with Crippen molar-refractivity contribution >= 4 is 5.91 Å². The van der Waals surface area contributed by atoms with Crippen LogP contribution in [0.3, 0.4) is 0 Å². The molecule has 3 atom stereocenters. The summed E-state index contributed by atoms with van der Waals surface area (Å²) in [5, 5.41) is 0. The third-order valence-electron chi connectivity index (χ3n) is 7.35. The van der Waals surface area contributed by atoms with Crippen molar-refractivity contribution < 1.29 is 9.53 Å². The molecule has 2 aliphatic heterocycles.